The Morgan fingerprint density at radius 1 is 1.24 bits per heavy atom. The number of pyridine rings is 1. The second kappa shape index (κ2) is 7.17. The smallest absolute Gasteiger partial charge is 0.225 e. The van der Waals surface area contributed by atoms with Crippen LogP contribution in [0.1, 0.15) is 25.7 Å². The van der Waals surface area contributed by atoms with E-state index in [1.807, 2.05) is 4.90 Å². The van der Waals surface area contributed by atoms with E-state index in [1.165, 1.54) is 12.5 Å². The van der Waals surface area contributed by atoms with Crippen LogP contribution in [0.25, 0.3) is 10.9 Å². The number of nitrogens with zero attached hydrogens (tertiary/aromatic N) is 4. The Kier molecular flexibility index (Phi) is 5.31. The molecule has 2 aromatic heterocycles. The molecule has 1 atom stereocenters. The molecule has 2 aromatic rings. The van der Waals surface area contributed by atoms with E-state index in [0.29, 0.717) is 24.2 Å². The van der Waals surface area contributed by atoms with E-state index in [4.69, 9.17) is 23.2 Å². The molecule has 0 saturated carbocycles. The van der Waals surface area contributed by atoms with Crippen molar-refractivity contribution in [2.45, 2.75) is 30.9 Å². The lowest BCUT2D eigenvalue weighted by molar-refractivity contribution is 0.528. The molecule has 1 unspecified atom stereocenters. The number of aromatic nitrogens is 3. The fraction of sp³-hybridized carbons (Fsp3) is 0.533. The van der Waals surface area contributed by atoms with Gasteiger partial charge in [0.2, 0.25) is 5.28 Å². The van der Waals surface area contributed by atoms with Gasteiger partial charge in [0.1, 0.15) is 11.3 Å². The highest BCUT2D eigenvalue weighted by Gasteiger charge is 2.27. The van der Waals surface area contributed by atoms with Gasteiger partial charge in [-0.3, -0.25) is 0 Å². The van der Waals surface area contributed by atoms with Crippen molar-refractivity contribution in [3.05, 3.63) is 22.5 Å². The summed E-state index contributed by atoms with van der Waals surface area (Å²) in [6.45, 7) is 0.865. The quantitative estimate of drug-likeness (QED) is 0.562. The molecular weight excluding hydrogens is 390 g/mol. The highest BCUT2D eigenvalue weighted by atomic mass is 35.5. The SMILES string of the molecule is CS(=O)(=O)C1CCCCCN(c2nc(Cl)nc3c(F)c(Cl)ncc23)C1. The minimum Gasteiger partial charge on any atom is -0.355 e. The molecule has 25 heavy (non-hydrogen) atoms. The molecule has 1 saturated heterocycles. The Labute approximate surface area is 155 Å². The molecule has 0 radical (unpaired) electrons. The first-order valence-corrected chi connectivity index (χ1v) is 10.6. The predicted molar refractivity (Wildman–Crippen MR) is 96.6 cm³/mol. The molecule has 0 aromatic carbocycles. The minimum absolute atomic E-state index is 0.0204. The van der Waals surface area contributed by atoms with E-state index in [2.05, 4.69) is 15.0 Å². The second-order valence-electron chi connectivity index (χ2n) is 6.19. The summed E-state index contributed by atoms with van der Waals surface area (Å²) in [6.07, 6.45) is 5.87. The minimum atomic E-state index is -3.21. The summed E-state index contributed by atoms with van der Waals surface area (Å²) < 4.78 is 38.4. The third-order valence-corrected chi connectivity index (χ3v) is 6.41. The van der Waals surface area contributed by atoms with Gasteiger partial charge in [0.15, 0.2) is 20.8 Å². The molecule has 10 heteroatoms. The molecule has 6 nitrogen and oxygen atoms in total. The molecule has 3 rings (SSSR count). The molecule has 0 aliphatic carbocycles. The molecule has 0 spiro atoms. The van der Waals surface area contributed by atoms with Crippen LogP contribution >= 0.6 is 23.2 Å². The zero-order chi connectivity index (χ0) is 18.2. The third kappa shape index (κ3) is 3.96. The Hall–Kier alpha value is -1.25. The monoisotopic (exact) mass is 406 g/mol. The lowest BCUT2D eigenvalue weighted by Gasteiger charge is -2.30. The van der Waals surface area contributed by atoms with E-state index in [0.717, 1.165) is 19.3 Å². The lowest BCUT2D eigenvalue weighted by atomic mass is 10.1. The predicted octanol–water partition coefficient (Wildman–Crippen LogP) is 3.26. The van der Waals surface area contributed by atoms with Gasteiger partial charge in [-0.05, 0) is 24.4 Å². The summed E-state index contributed by atoms with van der Waals surface area (Å²) >= 11 is 11.7. The van der Waals surface area contributed by atoms with Gasteiger partial charge in [-0.15, -0.1) is 0 Å². The first-order valence-electron chi connectivity index (χ1n) is 7.88. The molecule has 1 aliphatic rings. The largest absolute Gasteiger partial charge is 0.355 e. The fourth-order valence-electron chi connectivity index (χ4n) is 3.06. The van der Waals surface area contributed by atoms with Crippen LogP contribution in [0.3, 0.4) is 0 Å². The van der Waals surface area contributed by atoms with E-state index in [1.54, 1.807) is 0 Å². The van der Waals surface area contributed by atoms with Crippen molar-refractivity contribution in [3.63, 3.8) is 0 Å². The Bertz CT molecular complexity index is 910. The summed E-state index contributed by atoms with van der Waals surface area (Å²) in [7, 11) is -3.21. The van der Waals surface area contributed by atoms with Crippen molar-refractivity contribution >= 4 is 49.8 Å². The summed E-state index contributed by atoms with van der Waals surface area (Å²) in [4.78, 5) is 13.8. The lowest BCUT2D eigenvalue weighted by Crippen LogP contribution is -2.39. The van der Waals surface area contributed by atoms with Gasteiger partial charge in [0, 0.05) is 25.5 Å². The number of fused-ring (bicyclic) bond motifs is 1. The highest BCUT2D eigenvalue weighted by molar-refractivity contribution is 7.91. The standard InChI is InChI=1S/C15H17Cl2FN4O2S/c1-25(23,24)9-5-3-2-4-6-22(8-9)14-10-7-19-13(16)11(18)12(10)20-15(17)21-14/h7,9H,2-6,8H2,1H3. The highest BCUT2D eigenvalue weighted by Crippen LogP contribution is 2.30. The summed E-state index contributed by atoms with van der Waals surface area (Å²) in [6, 6.07) is 0. The van der Waals surface area contributed by atoms with Gasteiger partial charge < -0.3 is 4.90 Å². The molecule has 0 amide bonds. The van der Waals surface area contributed by atoms with Crippen LogP contribution < -0.4 is 4.90 Å². The first kappa shape index (κ1) is 18.5. The zero-order valence-corrected chi connectivity index (χ0v) is 15.9. The number of sulfone groups is 1. The van der Waals surface area contributed by atoms with E-state index in [-0.39, 0.29) is 22.5 Å². The van der Waals surface area contributed by atoms with Gasteiger partial charge in [-0.2, -0.15) is 4.98 Å². The van der Waals surface area contributed by atoms with Crippen LogP contribution in [0, 0.1) is 5.82 Å². The molecule has 1 aliphatic heterocycles. The molecule has 136 valence electrons. The normalized spacial score (nSPS) is 19.7. The van der Waals surface area contributed by atoms with Crippen LogP contribution in [0.2, 0.25) is 10.4 Å². The van der Waals surface area contributed by atoms with Crippen molar-refractivity contribution in [2.24, 2.45) is 0 Å². The number of halogens is 3. The average Bonchev–Trinajstić information content (AvgIpc) is 2.49. The van der Waals surface area contributed by atoms with Crippen molar-refractivity contribution in [1.82, 2.24) is 15.0 Å². The van der Waals surface area contributed by atoms with E-state index in [9.17, 15) is 12.8 Å². The van der Waals surface area contributed by atoms with Gasteiger partial charge in [-0.1, -0.05) is 24.4 Å². The Morgan fingerprint density at radius 2 is 2.00 bits per heavy atom. The van der Waals surface area contributed by atoms with Crippen molar-refractivity contribution < 1.29 is 12.8 Å². The Morgan fingerprint density at radius 3 is 2.72 bits per heavy atom. The maximum atomic E-state index is 14.3. The van der Waals surface area contributed by atoms with Gasteiger partial charge in [0.05, 0.1) is 10.6 Å². The van der Waals surface area contributed by atoms with E-state index < -0.39 is 20.9 Å². The van der Waals surface area contributed by atoms with E-state index >= 15 is 0 Å². The van der Waals surface area contributed by atoms with Crippen LogP contribution in [-0.4, -0.2) is 48.0 Å². The zero-order valence-electron chi connectivity index (χ0n) is 13.5. The average molecular weight is 407 g/mol. The maximum Gasteiger partial charge on any atom is 0.225 e. The number of hydrogen-bond acceptors (Lipinski definition) is 6. The maximum absolute atomic E-state index is 14.3. The van der Waals surface area contributed by atoms with Crippen molar-refractivity contribution in [2.75, 3.05) is 24.2 Å². The molecule has 3 heterocycles. The summed E-state index contributed by atoms with van der Waals surface area (Å²) in [5.74, 6) is -0.384. The first-order chi connectivity index (χ1) is 11.8. The fourth-order valence-corrected chi connectivity index (χ4v) is 4.40. The van der Waals surface area contributed by atoms with Crippen LogP contribution in [0.5, 0.6) is 0 Å². The number of rotatable bonds is 2. The number of anilines is 1. The summed E-state index contributed by atoms with van der Waals surface area (Å²) in [5, 5.41) is -0.572. The Balaban J connectivity index is 2.11. The van der Waals surface area contributed by atoms with Crippen molar-refractivity contribution in [3.8, 4) is 0 Å². The van der Waals surface area contributed by atoms with Gasteiger partial charge in [0.25, 0.3) is 0 Å². The summed E-state index contributed by atoms with van der Waals surface area (Å²) in [5.41, 5.74) is -0.0204. The topological polar surface area (TPSA) is 76.1 Å². The molecular formula is C15H17Cl2FN4O2S. The van der Waals surface area contributed by atoms with Gasteiger partial charge in [-0.25, -0.2) is 22.8 Å². The van der Waals surface area contributed by atoms with Gasteiger partial charge >= 0.3 is 0 Å². The van der Waals surface area contributed by atoms with Crippen LogP contribution in [0.4, 0.5) is 10.2 Å². The molecule has 0 bridgehead atoms. The second-order valence-corrected chi connectivity index (χ2v) is 9.21. The molecule has 1 fully saturated rings. The third-order valence-electron chi connectivity index (χ3n) is 4.38. The van der Waals surface area contributed by atoms with Crippen molar-refractivity contribution in [1.29, 1.82) is 0 Å². The number of hydrogen-bond donors (Lipinski definition) is 0. The van der Waals surface area contributed by atoms with Crippen LogP contribution in [-0.2, 0) is 9.84 Å². The molecule has 0 N–H and O–H groups in total. The van der Waals surface area contributed by atoms with Crippen LogP contribution in [0.15, 0.2) is 6.20 Å².